The summed E-state index contributed by atoms with van der Waals surface area (Å²) in [4.78, 5) is 1.17. The molecule has 0 aliphatic carbocycles. The second kappa shape index (κ2) is 6.65. The van der Waals surface area contributed by atoms with Crippen molar-refractivity contribution in [3.05, 3.63) is 29.3 Å². The van der Waals surface area contributed by atoms with Crippen LogP contribution >= 0.6 is 11.3 Å². The standard InChI is InChI=1S/C12H17N3O2S/c1-17-8-10(16)7-13-5-9-6-14-15-12(9)11-3-2-4-18-11/h2-4,6,10,13,16H,5,7-8H2,1H3,(H,14,15). The van der Waals surface area contributed by atoms with Crippen LogP contribution in [-0.2, 0) is 11.3 Å². The van der Waals surface area contributed by atoms with Gasteiger partial charge in [-0.15, -0.1) is 11.3 Å². The third kappa shape index (κ3) is 3.39. The molecule has 2 rings (SSSR count). The molecule has 2 heterocycles. The Kier molecular flexibility index (Phi) is 4.89. The summed E-state index contributed by atoms with van der Waals surface area (Å²) < 4.78 is 4.87. The summed E-state index contributed by atoms with van der Waals surface area (Å²) in [7, 11) is 1.58. The van der Waals surface area contributed by atoms with Crippen LogP contribution in [0.15, 0.2) is 23.7 Å². The molecule has 3 N–H and O–H groups in total. The monoisotopic (exact) mass is 267 g/mol. The average molecular weight is 267 g/mol. The van der Waals surface area contributed by atoms with Gasteiger partial charge in [-0.25, -0.2) is 0 Å². The van der Waals surface area contributed by atoms with Crippen molar-refractivity contribution in [2.75, 3.05) is 20.3 Å². The number of aromatic nitrogens is 2. The van der Waals surface area contributed by atoms with Crippen molar-refractivity contribution >= 4 is 11.3 Å². The predicted molar refractivity (Wildman–Crippen MR) is 71.5 cm³/mol. The van der Waals surface area contributed by atoms with E-state index in [9.17, 15) is 5.11 Å². The number of rotatable bonds is 7. The third-order valence-electron chi connectivity index (χ3n) is 2.54. The highest BCUT2D eigenvalue weighted by molar-refractivity contribution is 7.13. The molecule has 5 nitrogen and oxygen atoms in total. The number of nitrogens with one attached hydrogen (secondary N) is 2. The summed E-state index contributed by atoms with van der Waals surface area (Å²) in [5, 5.41) is 21.8. The van der Waals surface area contributed by atoms with Crippen LogP contribution in [-0.4, -0.2) is 41.7 Å². The van der Waals surface area contributed by atoms with Gasteiger partial charge in [0.05, 0.1) is 29.5 Å². The molecule has 0 fully saturated rings. The maximum absolute atomic E-state index is 9.52. The fraction of sp³-hybridized carbons (Fsp3) is 0.417. The second-order valence-electron chi connectivity index (χ2n) is 3.99. The molecule has 0 spiro atoms. The van der Waals surface area contributed by atoms with Gasteiger partial charge in [0.2, 0.25) is 0 Å². The van der Waals surface area contributed by atoms with Crippen molar-refractivity contribution in [3.63, 3.8) is 0 Å². The Morgan fingerprint density at radius 2 is 2.50 bits per heavy atom. The largest absolute Gasteiger partial charge is 0.389 e. The highest BCUT2D eigenvalue weighted by Crippen LogP contribution is 2.25. The lowest BCUT2D eigenvalue weighted by atomic mass is 10.2. The minimum absolute atomic E-state index is 0.343. The Morgan fingerprint density at radius 3 is 3.22 bits per heavy atom. The smallest absolute Gasteiger partial charge is 0.0897 e. The van der Waals surface area contributed by atoms with Crippen molar-refractivity contribution in [1.29, 1.82) is 0 Å². The topological polar surface area (TPSA) is 70.2 Å². The lowest BCUT2D eigenvalue weighted by molar-refractivity contribution is 0.0644. The van der Waals surface area contributed by atoms with E-state index in [0.29, 0.717) is 19.7 Å². The molecule has 0 amide bonds. The van der Waals surface area contributed by atoms with Gasteiger partial charge in [-0.1, -0.05) is 6.07 Å². The molecule has 2 aromatic heterocycles. The molecule has 18 heavy (non-hydrogen) atoms. The van der Waals surface area contributed by atoms with Crippen molar-refractivity contribution in [1.82, 2.24) is 15.5 Å². The van der Waals surface area contributed by atoms with Crippen LogP contribution in [0.3, 0.4) is 0 Å². The van der Waals surface area contributed by atoms with Crippen molar-refractivity contribution in [3.8, 4) is 10.6 Å². The number of hydrogen-bond donors (Lipinski definition) is 3. The molecule has 2 aromatic rings. The molecular formula is C12H17N3O2S. The quantitative estimate of drug-likeness (QED) is 0.706. The predicted octanol–water partition coefficient (Wildman–Crippen LogP) is 1.24. The van der Waals surface area contributed by atoms with Gasteiger partial charge in [0.15, 0.2) is 0 Å². The van der Waals surface area contributed by atoms with Gasteiger partial charge in [0.25, 0.3) is 0 Å². The van der Waals surface area contributed by atoms with E-state index in [4.69, 9.17) is 4.74 Å². The number of aliphatic hydroxyl groups is 1. The van der Waals surface area contributed by atoms with E-state index in [1.165, 1.54) is 4.88 Å². The van der Waals surface area contributed by atoms with Crippen LogP contribution in [0.25, 0.3) is 10.6 Å². The molecule has 0 aliphatic rings. The van der Waals surface area contributed by atoms with Gasteiger partial charge in [0.1, 0.15) is 0 Å². The van der Waals surface area contributed by atoms with Crippen LogP contribution in [0.1, 0.15) is 5.56 Å². The number of hydrogen-bond acceptors (Lipinski definition) is 5. The second-order valence-corrected chi connectivity index (χ2v) is 4.94. The molecule has 98 valence electrons. The zero-order valence-electron chi connectivity index (χ0n) is 10.2. The van der Waals surface area contributed by atoms with Gasteiger partial charge in [0, 0.05) is 25.8 Å². The Morgan fingerprint density at radius 1 is 1.61 bits per heavy atom. The first-order chi connectivity index (χ1) is 8.81. The third-order valence-corrected chi connectivity index (χ3v) is 3.43. The van der Waals surface area contributed by atoms with E-state index in [0.717, 1.165) is 11.3 Å². The van der Waals surface area contributed by atoms with Crippen LogP contribution in [0, 0.1) is 0 Å². The first-order valence-electron chi connectivity index (χ1n) is 5.75. The summed E-state index contributed by atoms with van der Waals surface area (Å²) in [6.07, 6.45) is 1.33. The van der Waals surface area contributed by atoms with E-state index in [1.54, 1.807) is 18.4 Å². The fourth-order valence-corrected chi connectivity index (χ4v) is 2.46. The summed E-state index contributed by atoms with van der Waals surface area (Å²) in [6, 6.07) is 4.07. The summed E-state index contributed by atoms with van der Waals surface area (Å²) >= 11 is 1.67. The number of thiophene rings is 1. The van der Waals surface area contributed by atoms with E-state index < -0.39 is 6.10 Å². The summed E-state index contributed by atoms with van der Waals surface area (Å²) in [5.41, 5.74) is 2.14. The minimum atomic E-state index is -0.480. The Labute approximate surface area is 110 Å². The Balaban J connectivity index is 1.89. The van der Waals surface area contributed by atoms with Gasteiger partial charge >= 0.3 is 0 Å². The molecule has 0 bridgehead atoms. The highest BCUT2D eigenvalue weighted by atomic mass is 32.1. The maximum atomic E-state index is 9.52. The van der Waals surface area contributed by atoms with Crippen molar-refractivity contribution < 1.29 is 9.84 Å². The van der Waals surface area contributed by atoms with E-state index >= 15 is 0 Å². The first-order valence-corrected chi connectivity index (χ1v) is 6.63. The highest BCUT2D eigenvalue weighted by Gasteiger charge is 2.09. The molecule has 0 aliphatic heterocycles. The molecular weight excluding hydrogens is 250 g/mol. The van der Waals surface area contributed by atoms with E-state index in [-0.39, 0.29) is 0 Å². The maximum Gasteiger partial charge on any atom is 0.0897 e. The van der Waals surface area contributed by atoms with Crippen LogP contribution < -0.4 is 5.32 Å². The molecule has 1 unspecified atom stereocenters. The van der Waals surface area contributed by atoms with E-state index in [1.807, 2.05) is 17.6 Å². The van der Waals surface area contributed by atoms with Crippen LogP contribution in [0.2, 0.25) is 0 Å². The minimum Gasteiger partial charge on any atom is -0.389 e. The fourth-order valence-electron chi connectivity index (χ4n) is 1.70. The van der Waals surface area contributed by atoms with E-state index in [2.05, 4.69) is 21.6 Å². The van der Waals surface area contributed by atoms with Crippen LogP contribution in [0.5, 0.6) is 0 Å². The molecule has 6 heteroatoms. The molecule has 0 aromatic carbocycles. The van der Waals surface area contributed by atoms with Gasteiger partial charge in [-0.05, 0) is 11.4 Å². The van der Waals surface area contributed by atoms with Gasteiger partial charge in [-0.2, -0.15) is 5.10 Å². The summed E-state index contributed by atoms with van der Waals surface area (Å²) in [5.74, 6) is 0. The van der Waals surface area contributed by atoms with Crippen molar-refractivity contribution in [2.24, 2.45) is 0 Å². The van der Waals surface area contributed by atoms with Crippen molar-refractivity contribution in [2.45, 2.75) is 12.6 Å². The zero-order valence-corrected chi connectivity index (χ0v) is 11.0. The van der Waals surface area contributed by atoms with Gasteiger partial charge < -0.3 is 15.2 Å². The number of aromatic amines is 1. The van der Waals surface area contributed by atoms with Crippen LogP contribution in [0.4, 0.5) is 0 Å². The molecule has 0 saturated heterocycles. The average Bonchev–Trinajstić information content (AvgIpc) is 2.98. The Hall–Kier alpha value is -1.21. The molecule has 0 saturated carbocycles. The number of ether oxygens (including phenoxy) is 1. The first kappa shape index (κ1) is 13.2. The summed E-state index contributed by atoms with van der Waals surface area (Å²) in [6.45, 7) is 1.52. The molecule has 1 atom stereocenters. The SMILES string of the molecule is COCC(O)CNCc1cn[nH]c1-c1cccs1. The number of nitrogens with zero attached hydrogens (tertiary/aromatic N) is 1. The number of H-pyrrole nitrogens is 1. The zero-order chi connectivity index (χ0) is 12.8. The lowest BCUT2D eigenvalue weighted by Crippen LogP contribution is -2.29. The normalized spacial score (nSPS) is 12.8. The lowest BCUT2D eigenvalue weighted by Gasteiger charge is -2.10. The van der Waals surface area contributed by atoms with Gasteiger partial charge in [-0.3, -0.25) is 5.10 Å². The Bertz CT molecular complexity index is 456. The number of aliphatic hydroxyl groups excluding tert-OH is 1. The molecule has 0 radical (unpaired) electrons. The number of methoxy groups -OCH3 is 1.